The number of fused-ring (bicyclic) bond motifs is 1. The number of para-hydroxylation sites is 1. The summed E-state index contributed by atoms with van der Waals surface area (Å²) in [5, 5.41) is 0.702. The van der Waals surface area contributed by atoms with Crippen LogP contribution in [0.25, 0.3) is 10.9 Å². The molecule has 0 aliphatic carbocycles. The molecule has 0 saturated heterocycles. The highest BCUT2D eigenvalue weighted by atomic mass is 19.1. The van der Waals surface area contributed by atoms with Crippen LogP contribution in [0.15, 0.2) is 48.7 Å². The molecule has 0 aliphatic rings. The summed E-state index contributed by atoms with van der Waals surface area (Å²) in [5.41, 5.74) is 1.62. The second-order valence-electron chi connectivity index (χ2n) is 4.65. The molecular weight excluding hydrogens is 269 g/mol. The molecule has 3 aromatic rings. The highest BCUT2D eigenvalue weighted by Gasteiger charge is 2.18. The Morgan fingerprint density at radius 2 is 2.00 bits per heavy atom. The highest BCUT2D eigenvalue weighted by Crippen LogP contribution is 2.26. The molecule has 4 heteroatoms. The first-order chi connectivity index (χ1) is 10.2. The largest absolute Gasteiger partial charge is 0.493 e. The minimum absolute atomic E-state index is 0.142. The Balaban J connectivity index is 2.09. The summed E-state index contributed by atoms with van der Waals surface area (Å²) < 4.78 is 18.7. The van der Waals surface area contributed by atoms with Crippen molar-refractivity contribution in [1.29, 1.82) is 0 Å². The van der Waals surface area contributed by atoms with Gasteiger partial charge in [-0.25, -0.2) is 4.39 Å². The molecule has 3 rings (SSSR count). The summed E-state index contributed by atoms with van der Waals surface area (Å²) in [4.78, 5) is 15.6. The van der Waals surface area contributed by atoms with E-state index in [9.17, 15) is 9.18 Å². The van der Waals surface area contributed by atoms with E-state index in [1.165, 1.54) is 12.1 Å². The number of aromatic amines is 1. The van der Waals surface area contributed by atoms with Crippen molar-refractivity contribution in [3.05, 3.63) is 65.6 Å². The number of nitrogens with one attached hydrogen (secondary N) is 1. The van der Waals surface area contributed by atoms with Crippen LogP contribution in [0, 0.1) is 5.82 Å². The van der Waals surface area contributed by atoms with Gasteiger partial charge in [-0.1, -0.05) is 12.1 Å². The van der Waals surface area contributed by atoms with Gasteiger partial charge in [0.2, 0.25) is 0 Å². The third kappa shape index (κ3) is 2.40. The number of benzene rings is 2. The summed E-state index contributed by atoms with van der Waals surface area (Å²) >= 11 is 0. The van der Waals surface area contributed by atoms with Crippen LogP contribution in [-0.4, -0.2) is 17.4 Å². The summed E-state index contributed by atoms with van der Waals surface area (Å²) in [6.07, 6.45) is 1.61. The van der Waals surface area contributed by atoms with Gasteiger partial charge in [0.1, 0.15) is 11.6 Å². The van der Waals surface area contributed by atoms with E-state index in [4.69, 9.17) is 4.74 Å². The lowest BCUT2D eigenvalue weighted by Gasteiger charge is -2.08. The zero-order valence-corrected chi connectivity index (χ0v) is 11.5. The van der Waals surface area contributed by atoms with Crippen LogP contribution in [0.2, 0.25) is 0 Å². The maximum Gasteiger partial charge on any atom is 0.198 e. The van der Waals surface area contributed by atoms with Gasteiger partial charge in [0, 0.05) is 22.7 Å². The van der Waals surface area contributed by atoms with Gasteiger partial charge in [-0.2, -0.15) is 0 Å². The molecule has 2 aromatic carbocycles. The Labute approximate surface area is 121 Å². The van der Waals surface area contributed by atoms with Gasteiger partial charge in [-0.3, -0.25) is 4.79 Å². The fourth-order valence-corrected chi connectivity index (χ4v) is 2.37. The summed E-state index contributed by atoms with van der Waals surface area (Å²) in [6, 6.07) is 11.5. The Kier molecular flexibility index (Phi) is 3.44. The normalized spacial score (nSPS) is 10.8. The fourth-order valence-electron chi connectivity index (χ4n) is 2.37. The quantitative estimate of drug-likeness (QED) is 0.737. The van der Waals surface area contributed by atoms with E-state index >= 15 is 0 Å². The van der Waals surface area contributed by atoms with Gasteiger partial charge in [-0.05, 0) is 37.3 Å². The molecule has 0 fully saturated rings. The molecule has 0 aliphatic heterocycles. The highest BCUT2D eigenvalue weighted by molar-refractivity contribution is 6.17. The zero-order chi connectivity index (χ0) is 14.8. The summed E-state index contributed by atoms with van der Waals surface area (Å²) in [6.45, 7) is 2.36. The fraction of sp³-hybridized carbons (Fsp3) is 0.118. The molecule has 1 aromatic heterocycles. The van der Waals surface area contributed by atoms with Gasteiger partial charge in [-0.15, -0.1) is 0 Å². The van der Waals surface area contributed by atoms with Crippen molar-refractivity contribution in [1.82, 2.24) is 4.98 Å². The number of hydrogen-bond donors (Lipinski definition) is 1. The number of hydrogen-bond acceptors (Lipinski definition) is 2. The van der Waals surface area contributed by atoms with E-state index in [1.54, 1.807) is 30.5 Å². The van der Waals surface area contributed by atoms with Crippen LogP contribution in [0.1, 0.15) is 22.8 Å². The van der Waals surface area contributed by atoms with Gasteiger partial charge < -0.3 is 9.72 Å². The Morgan fingerprint density at radius 3 is 2.81 bits per heavy atom. The van der Waals surface area contributed by atoms with Crippen molar-refractivity contribution in [2.45, 2.75) is 6.92 Å². The Bertz CT molecular complexity index is 807. The molecule has 0 unspecified atom stereocenters. The lowest BCUT2D eigenvalue weighted by atomic mass is 10.0. The number of carbonyl (C=O) groups is 1. The van der Waals surface area contributed by atoms with Crippen molar-refractivity contribution >= 4 is 16.7 Å². The summed E-state index contributed by atoms with van der Waals surface area (Å²) in [5.74, 6) is 0.0800. The van der Waals surface area contributed by atoms with E-state index in [-0.39, 0.29) is 11.6 Å². The number of carbonyl (C=O) groups excluding carboxylic acids is 1. The number of halogens is 1. The molecule has 106 valence electrons. The molecule has 0 radical (unpaired) electrons. The van der Waals surface area contributed by atoms with E-state index in [0.717, 1.165) is 0 Å². The van der Waals surface area contributed by atoms with E-state index in [1.807, 2.05) is 13.0 Å². The number of ketones is 1. The lowest BCUT2D eigenvalue weighted by molar-refractivity contribution is 0.103. The van der Waals surface area contributed by atoms with Crippen LogP contribution in [-0.2, 0) is 0 Å². The second kappa shape index (κ2) is 5.40. The monoisotopic (exact) mass is 283 g/mol. The number of aromatic nitrogens is 1. The third-order valence-corrected chi connectivity index (χ3v) is 3.32. The van der Waals surface area contributed by atoms with Crippen molar-refractivity contribution in [2.75, 3.05) is 6.61 Å². The molecule has 3 nitrogen and oxygen atoms in total. The molecule has 0 spiro atoms. The van der Waals surface area contributed by atoms with Gasteiger partial charge in [0.15, 0.2) is 5.78 Å². The van der Waals surface area contributed by atoms with Crippen LogP contribution >= 0.6 is 0 Å². The lowest BCUT2D eigenvalue weighted by Crippen LogP contribution is -2.04. The van der Waals surface area contributed by atoms with Crippen molar-refractivity contribution in [2.24, 2.45) is 0 Å². The molecule has 0 atom stereocenters. The van der Waals surface area contributed by atoms with Crippen molar-refractivity contribution in [3.63, 3.8) is 0 Å². The van der Waals surface area contributed by atoms with E-state index in [2.05, 4.69) is 4.98 Å². The first-order valence-electron chi connectivity index (χ1n) is 6.74. The van der Waals surface area contributed by atoms with E-state index in [0.29, 0.717) is 34.4 Å². The first-order valence-corrected chi connectivity index (χ1v) is 6.74. The summed E-state index contributed by atoms with van der Waals surface area (Å²) in [7, 11) is 0. The number of ether oxygens (including phenoxy) is 1. The predicted octanol–water partition coefficient (Wildman–Crippen LogP) is 3.94. The van der Waals surface area contributed by atoms with Gasteiger partial charge in [0.05, 0.1) is 12.2 Å². The second-order valence-corrected chi connectivity index (χ2v) is 4.65. The molecular formula is C17H14FNO2. The molecule has 0 bridgehead atoms. The first kappa shape index (κ1) is 13.4. The molecule has 0 saturated carbocycles. The molecule has 0 amide bonds. The Morgan fingerprint density at radius 1 is 1.19 bits per heavy atom. The smallest absolute Gasteiger partial charge is 0.198 e. The van der Waals surface area contributed by atoms with Gasteiger partial charge >= 0.3 is 0 Å². The molecule has 21 heavy (non-hydrogen) atoms. The van der Waals surface area contributed by atoms with Crippen LogP contribution < -0.4 is 4.74 Å². The number of H-pyrrole nitrogens is 1. The van der Waals surface area contributed by atoms with E-state index < -0.39 is 0 Å². The average Bonchev–Trinajstić information content (AvgIpc) is 2.90. The van der Waals surface area contributed by atoms with Crippen molar-refractivity contribution < 1.29 is 13.9 Å². The standard InChI is InChI=1S/C17H14FNO2/c1-2-21-16-6-4-3-5-13(16)17(20)14-10-19-15-9-11(18)7-8-12(14)15/h3-10,19H,2H2,1H3. The zero-order valence-electron chi connectivity index (χ0n) is 11.5. The minimum atomic E-state index is -0.335. The third-order valence-electron chi connectivity index (χ3n) is 3.32. The van der Waals surface area contributed by atoms with Gasteiger partial charge in [0.25, 0.3) is 0 Å². The molecule has 1 N–H and O–H groups in total. The minimum Gasteiger partial charge on any atom is -0.493 e. The Hall–Kier alpha value is -2.62. The van der Waals surface area contributed by atoms with Crippen LogP contribution in [0.4, 0.5) is 4.39 Å². The predicted molar refractivity (Wildman–Crippen MR) is 79.3 cm³/mol. The van der Waals surface area contributed by atoms with Crippen LogP contribution in [0.5, 0.6) is 5.75 Å². The topological polar surface area (TPSA) is 42.1 Å². The average molecular weight is 283 g/mol. The molecule has 1 heterocycles. The maximum absolute atomic E-state index is 13.2. The van der Waals surface area contributed by atoms with Crippen LogP contribution in [0.3, 0.4) is 0 Å². The van der Waals surface area contributed by atoms with Crippen molar-refractivity contribution in [3.8, 4) is 5.75 Å². The SMILES string of the molecule is CCOc1ccccc1C(=O)c1c[nH]c2cc(F)ccc12. The number of rotatable bonds is 4. The maximum atomic E-state index is 13.2.